The lowest BCUT2D eigenvalue weighted by molar-refractivity contribution is 0.298. The van der Waals surface area contributed by atoms with Gasteiger partial charge in [0.05, 0.1) is 0 Å². The van der Waals surface area contributed by atoms with Gasteiger partial charge in [-0.15, -0.1) is 11.3 Å². The highest BCUT2D eigenvalue weighted by Crippen LogP contribution is 2.45. The summed E-state index contributed by atoms with van der Waals surface area (Å²) in [7, 11) is 0. The largest absolute Gasteiger partial charge is 0.485 e. The molecular formula is C15H12O2S. The van der Waals surface area contributed by atoms with Crippen LogP contribution in [0.1, 0.15) is 16.9 Å². The second-order valence-corrected chi connectivity index (χ2v) is 5.65. The molecule has 0 aliphatic carbocycles. The number of thiophene rings is 1. The SMILES string of the molecule is Cc1cc2c(o1)-c1c(cc(C)c3ccsc13)CO2. The monoisotopic (exact) mass is 256 g/mol. The van der Waals surface area contributed by atoms with Gasteiger partial charge in [-0.2, -0.15) is 0 Å². The summed E-state index contributed by atoms with van der Waals surface area (Å²) >= 11 is 1.77. The summed E-state index contributed by atoms with van der Waals surface area (Å²) in [4.78, 5) is 0. The average molecular weight is 256 g/mol. The maximum Gasteiger partial charge on any atom is 0.177 e. The van der Waals surface area contributed by atoms with E-state index in [4.69, 9.17) is 9.15 Å². The van der Waals surface area contributed by atoms with Crippen LogP contribution in [0.15, 0.2) is 28.0 Å². The normalized spacial score (nSPS) is 13.2. The van der Waals surface area contributed by atoms with Crippen molar-refractivity contribution in [3.63, 3.8) is 0 Å². The first-order valence-corrected chi connectivity index (χ1v) is 6.85. The van der Waals surface area contributed by atoms with E-state index in [1.807, 2.05) is 13.0 Å². The van der Waals surface area contributed by atoms with Crippen LogP contribution in [-0.2, 0) is 6.61 Å². The molecule has 18 heavy (non-hydrogen) atoms. The Bertz CT molecular complexity index is 764. The van der Waals surface area contributed by atoms with Gasteiger partial charge < -0.3 is 9.15 Å². The first-order chi connectivity index (χ1) is 8.74. The van der Waals surface area contributed by atoms with Crippen molar-refractivity contribution in [1.29, 1.82) is 0 Å². The summed E-state index contributed by atoms with van der Waals surface area (Å²) in [6.07, 6.45) is 0. The molecule has 0 bridgehead atoms. The second kappa shape index (κ2) is 3.39. The minimum Gasteiger partial charge on any atom is -0.485 e. The molecule has 0 fully saturated rings. The number of ether oxygens (including phenoxy) is 1. The van der Waals surface area contributed by atoms with E-state index in [-0.39, 0.29) is 0 Å². The molecule has 0 amide bonds. The first-order valence-electron chi connectivity index (χ1n) is 5.97. The third-order valence-electron chi connectivity index (χ3n) is 3.46. The lowest BCUT2D eigenvalue weighted by atomic mass is 9.98. The maximum atomic E-state index is 5.83. The Balaban J connectivity index is 2.16. The Morgan fingerprint density at radius 3 is 3.00 bits per heavy atom. The number of aryl methyl sites for hydroxylation is 2. The Kier molecular flexibility index (Phi) is 1.92. The standard InChI is InChI=1S/C15H12O2S/c1-8-5-10-7-16-12-6-9(2)17-14(12)13(10)15-11(8)3-4-18-15/h3-6H,7H2,1-2H3. The van der Waals surface area contributed by atoms with Gasteiger partial charge in [0.15, 0.2) is 11.5 Å². The minimum atomic E-state index is 0.635. The van der Waals surface area contributed by atoms with Crippen molar-refractivity contribution in [2.24, 2.45) is 0 Å². The Morgan fingerprint density at radius 1 is 1.22 bits per heavy atom. The lowest BCUT2D eigenvalue weighted by Crippen LogP contribution is -2.04. The number of fused-ring (bicyclic) bond motifs is 5. The van der Waals surface area contributed by atoms with Gasteiger partial charge in [-0.3, -0.25) is 0 Å². The molecule has 0 saturated carbocycles. The minimum absolute atomic E-state index is 0.635. The topological polar surface area (TPSA) is 22.4 Å². The molecule has 1 aliphatic rings. The number of hydrogen-bond donors (Lipinski definition) is 0. The molecule has 3 heterocycles. The molecule has 0 atom stereocenters. The van der Waals surface area contributed by atoms with E-state index in [9.17, 15) is 0 Å². The fourth-order valence-corrected chi connectivity index (χ4v) is 3.70. The van der Waals surface area contributed by atoms with E-state index >= 15 is 0 Å². The lowest BCUT2D eigenvalue weighted by Gasteiger charge is -2.18. The molecule has 2 aromatic heterocycles. The molecule has 90 valence electrons. The van der Waals surface area contributed by atoms with Gasteiger partial charge in [-0.05, 0) is 36.2 Å². The zero-order valence-electron chi connectivity index (χ0n) is 10.2. The summed E-state index contributed by atoms with van der Waals surface area (Å²) < 4.78 is 12.9. The third-order valence-corrected chi connectivity index (χ3v) is 4.39. The van der Waals surface area contributed by atoms with E-state index in [0.29, 0.717) is 6.61 Å². The van der Waals surface area contributed by atoms with E-state index < -0.39 is 0 Å². The van der Waals surface area contributed by atoms with Crippen molar-refractivity contribution < 1.29 is 9.15 Å². The van der Waals surface area contributed by atoms with Crippen molar-refractivity contribution in [2.75, 3.05) is 0 Å². The van der Waals surface area contributed by atoms with Crippen LogP contribution in [0.5, 0.6) is 5.75 Å². The predicted octanol–water partition coefficient (Wildman–Crippen LogP) is 4.67. The Labute approximate surface area is 109 Å². The van der Waals surface area contributed by atoms with Crippen LogP contribution in [0.3, 0.4) is 0 Å². The Morgan fingerprint density at radius 2 is 2.11 bits per heavy atom. The van der Waals surface area contributed by atoms with Crippen molar-refractivity contribution in [2.45, 2.75) is 20.5 Å². The number of hydrogen-bond acceptors (Lipinski definition) is 3. The van der Waals surface area contributed by atoms with Gasteiger partial charge in [-0.25, -0.2) is 0 Å². The molecule has 1 aliphatic heterocycles. The van der Waals surface area contributed by atoms with Crippen LogP contribution in [0.25, 0.3) is 21.4 Å². The molecular weight excluding hydrogens is 244 g/mol. The molecule has 0 N–H and O–H groups in total. The van der Waals surface area contributed by atoms with Crippen molar-refractivity contribution in [3.8, 4) is 17.1 Å². The van der Waals surface area contributed by atoms with Crippen molar-refractivity contribution in [3.05, 3.63) is 40.5 Å². The van der Waals surface area contributed by atoms with Crippen LogP contribution in [-0.4, -0.2) is 0 Å². The quantitative estimate of drug-likeness (QED) is 0.583. The van der Waals surface area contributed by atoms with Crippen LogP contribution in [0.2, 0.25) is 0 Å². The number of furan rings is 1. The van der Waals surface area contributed by atoms with Crippen LogP contribution in [0.4, 0.5) is 0 Å². The van der Waals surface area contributed by atoms with E-state index in [1.165, 1.54) is 26.8 Å². The first kappa shape index (κ1) is 10.2. The zero-order chi connectivity index (χ0) is 12.3. The average Bonchev–Trinajstić information content (AvgIpc) is 2.93. The molecule has 1 aromatic carbocycles. The third kappa shape index (κ3) is 1.22. The molecule has 2 nitrogen and oxygen atoms in total. The van der Waals surface area contributed by atoms with Crippen LogP contribution < -0.4 is 4.74 Å². The van der Waals surface area contributed by atoms with Gasteiger partial charge in [0, 0.05) is 21.9 Å². The zero-order valence-corrected chi connectivity index (χ0v) is 11.1. The fraction of sp³-hybridized carbons (Fsp3) is 0.200. The van der Waals surface area contributed by atoms with E-state index in [1.54, 1.807) is 11.3 Å². The van der Waals surface area contributed by atoms with Gasteiger partial charge in [0.1, 0.15) is 12.4 Å². The highest BCUT2D eigenvalue weighted by Gasteiger charge is 2.25. The van der Waals surface area contributed by atoms with Gasteiger partial charge in [0.25, 0.3) is 0 Å². The maximum absolute atomic E-state index is 5.83. The molecule has 3 aromatic rings. The van der Waals surface area contributed by atoms with Gasteiger partial charge in [0.2, 0.25) is 0 Å². The number of benzene rings is 1. The molecule has 0 radical (unpaired) electrons. The highest BCUT2D eigenvalue weighted by molar-refractivity contribution is 7.17. The second-order valence-electron chi connectivity index (χ2n) is 4.73. The summed E-state index contributed by atoms with van der Waals surface area (Å²) in [5.74, 6) is 2.66. The predicted molar refractivity (Wildman–Crippen MR) is 73.3 cm³/mol. The van der Waals surface area contributed by atoms with Crippen LogP contribution in [0, 0.1) is 13.8 Å². The van der Waals surface area contributed by atoms with E-state index in [2.05, 4.69) is 24.4 Å². The fourth-order valence-electron chi connectivity index (χ4n) is 2.66. The molecule has 3 heteroatoms. The summed E-state index contributed by atoms with van der Waals surface area (Å²) in [6, 6.07) is 6.36. The summed E-state index contributed by atoms with van der Waals surface area (Å²) in [5, 5.41) is 3.46. The molecule has 4 rings (SSSR count). The Hall–Kier alpha value is -1.74. The number of rotatable bonds is 0. The van der Waals surface area contributed by atoms with Crippen molar-refractivity contribution in [1.82, 2.24) is 0 Å². The van der Waals surface area contributed by atoms with Gasteiger partial charge >= 0.3 is 0 Å². The molecule has 0 spiro atoms. The summed E-state index contributed by atoms with van der Waals surface area (Å²) in [6.45, 7) is 4.75. The molecule has 0 saturated heterocycles. The van der Waals surface area contributed by atoms with Gasteiger partial charge in [-0.1, -0.05) is 6.07 Å². The highest BCUT2D eigenvalue weighted by atomic mass is 32.1. The van der Waals surface area contributed by atoms with Crippen molar-refractivity contribution >= 4 is 21.4 Å². The smallest absolute Gasteiger partial charge is 0.177 e. The van der Waals surface area contributed by atoms with Crippen LogP contribution >= 0.6 is 11.3 Å². The molecule has 0 unspecified atom stereocenters. The van der Waals surface area contributed by atoms with E-state index in [0.717, 1.165) is 17.3 Å². The summed E-state index contributed by atoms with van der Waals surface area (Å²) in [5.41, 5.74) is 3.75.